The summed E-state index contributed by atoms with van der Waals surface area (Å²) in [6, 6.07) is 3.18. The molecule has 0 aliphatic heterocycles. The highest BCUT2D eigenvalue weighted by Gasteiger charge is 2.31. The van der Waals surface area contributed by atoms with Gasteiger partial charge in [-0.1, -0.05) is 19.8 Å². The minimum Gasteiger partial charge on any atom is -0.387 e. The van der Waals surface area contributed by atoms with Crippen molar-refractivity contribution < 1.29 is 13.9 Å². The second kappa shape index (κ2) is 6.64. The lowest BCUT2D eigenvalue weighted by Gasteiger charge is -2.28. The Hall–Kier alpha value is -1.00. The summed E-state index contributed by atoms with van der Waals surface area (Å²) in [6.45, 7) is 3.27. The minimum absolute atomic E-state index is 0.0227. The predicted octanol–water partition coefficient (Wildman–Crippen LogP) is 3.56. The molecule has 0 spiro atoms. The van der Waals surface area contributed by atoms with Gasteiger partial charge in [0, 0.05) is 18.7 Å². The van der Waals surface area contributed by atoms with Crippen LogP contribution in [0.5, 0.6) is 0 Å². The van der Waals surface area contributed by atoms with Crippen LogP contribution in [0.3, 0.4) is 0 Å². The van der Waals surface area contributed by atoms with Gasteiger partial charge in [0.15, 0.2) is 0 Å². The molecule has 1 aliphatic carbocycles. The van der Waals surface area contributed by atoms with Gasteiger partial charge in [0.25, 0.3) is 0 Å². The van der Waals surface area contributed by atoms with Crippen LogP contribution in [0.15, 0.2) is 18.2 Å². The van der Waals surface area contributed by atoms with Gasteiger partial charge < -0.3 is 10.4 Å². The first-order valence-corrected chi connectivity index (χ1v) is 7.40. The van der Waals surface area contributed by atoms with Crippen LogP contribution in [-0.4, -0.2) is 18.2 Å². The SMILES string of the molecule is CCC1(CNCC(O)c2cc(F)ccc2F)CCCC1. The Morgan fingerprint density at radius 1 is 1.30 bits per heavy atom. The Bertz CT molecular complexity index is 444. The Balaban J connectivity index is 1.88. The van der Waals surface area contributed by atoms with E-state index in [0.29, 0.717) is 5.41 Å². The summed E-state index contributed by atoms with van der Waals surface area (Å²) >= 11 is 0. The smallest absolute Gasteiger partial charge is 0.129 e. The number of aliphatic hydroxyl groups excluding tert-OH is 1. The molecule has 0 amide bonds. The highest BCUT2D eigenvalue weighted by atomic mass is 19.1. The molecule has 1 aromatic rings. The fourth-order valence-electron chi connectivity index (χ4n) is 3.13. The third-order valence-corrected chi connectivity index (χ3v) is 4.57. The molecule has 2 N–H and O–H groups in total. The largest absolute Gasteiger partial charge is 0.387 e. The lowest BCUT2D eigenvalue weighted by Crippen LogP contribution is -2.34. The van der Waals surface area contributed by atoms with Crippen LogP contribution < -0.4 is 5.32 Å². The Kier molecular flexibility index (Phi) is 5.11. The van der Waals surface area contributed by atoms with Crippen LogP contribution in [0.25, 0.3) is 0 Å². The van der Waals surface area contributed by atoms with E-state index in [1.807, 2.05) is 0 Å². The van der Waals surface area contributed by atoms with Gasteiger partial charge in [-0.05, 0) is 42.9 Å². The van der Waals surface area contributed by atoms with Crippen molar-refractivity contribution in [1.29, 1.82) is 0 Å². The van der Waals surface area contributed by atoms with E-state index in [-0.39, 0.29) is 12.1 Å². The van der Waals surface area contributed by atoms with Crippen LogP contribution in [-0.2, 0) is 0 Å². The normalized spacial score (nSPS) is 19.2. The Morgan fingerprint density at radius 2 is 2.00 bits per heavy atom. The highest BCUT2D eigenvalue weighted by Crippen LogP contribution is 2.40. The number of aliphatic hydroxyl groups is 1. The summed E-state index contributed by atoms with van der Waals surface area (Å²) in [5.41, 5.74) is 0.342. The van der Waals surface area contributed by atoms with Crippen molar-refractivity contribution in [2.45, 2.75) is 45.1 Å². The first kappa shape index (κ1) is 15.4. The molecule has 1 atom stereocenters. The number of rotatable bonds is 6. The first-order valence-electron chi connectivity index (χ1n) is 7.40. The van der Waals surface area contributed by atoms with E-state index in [0.717, 1.165) is 31.2 Å². The summed E-state index contributed by atoms with van der Waals surface area (Å²) in [5.74, 6) is -1.09. The Morgan fingerprint density at radius 3 is 2.65 bits per heavy atom. The molecular weight excluding hydrogens is 260 g/mol. The molecule has 1 aromatic carbocycles. The summed E-state index contributed by atoms with van der Waals surface area (Å²) in [7, 11) is 0. The molecule has 0 heterocycles. The second-order valence-corrected chi connectivity index (χ2v) is 5.87. The third-order valence-electron chi connectivity index (χ3n) is 4.57. The molecule has 112 valence electrons. The summed E-state index contributed by atoms with van der Waals surface area (Å²) < 4.78 is 26.6. The van der Waals surface area contributed by atoms with E-state index in [2.05, 4.69) is 12.2 Å². The zero-order valence-corrected chi connectivity index (χ0v) is 12.0. The monoisotopic (exact) mass is 283 g/mol. The van der Waals surface area contributed by atoms with Gasteiger partial charge in [0.2, 0.25) is 0 Å². The molecule has 2 nitrogen and oxygen atoms in total. The molecule has 1 saturated carbocycles. The van der Waals surface area contributed by atoms with Crippen LogP contribution in [0, 0.1) is 17.0 Å². The maximum atomic E-state index is 13.5. The summed E-state index contributed by atoms with van der Waals surface area (Å²) in [5, 5.41) is 13.2. The van der Waals surface area contributed by atoms with Gasteiger partial charge in [-0.25, -0.2) is 8.78 Å². The lowest BCUT2D eigenvalue weighted by atomic mass is 9.83. The number of hydrogen-bond donors (Lipinski definition) is 2. The number of benzene rings is 1. The van der Waals surface area contributed by atoms with Crippen molar-refractivity contribution in [3.05, 3.63) is 35.4 Å². The summed E-state index contributed by atoms with van der Waals surface area (Å²) in [6.07, 6.45) is 5.04. The maximum absolute atomic E-state index is 13.5. The average Bonchev–Trinajstić information content (AvgIpc) is 2.91. The van der Waals surface area contributed by atoms with E-state index in [4.69, 9.17) is 0 Å². The summed E-state index contributed by atoms with van der Waals surface area (Å²) in [4.78, 5) is 0. The van der Waals surface area contributed by atoms with Gasteiger partial charge in [0.05, 0.1) is 6.10 Å². The van der Waals surface area contributed by atoms with Crippen LogP contribution >= 0.6 is 0 Å². The van der Waals surface area contributed by atoms with Crippen LogP contribution in [0.1, 0.15) is 50.7 Å². The van der Waals surface area contributed by atoms with Gasteiger partial charge in [0.1, 0.15) is 11.6 Å². The number of nitrogens with one attached hydrogen (secondary N) is 1. The van der Waals surface area contributed by atoms with E-state index >= 15 is 0 Å². The standard InChI is InChI=1S/C16H23F2NO/c1-2-16(7-3-4-8-16)11-19-10-15(20)13-9-12(17)5-6-14(13)18/h5-6,9,15,19-20H,2-4,7-8,10-11H2,1H3. The van der Waals surface area contributed by atoms with Crippen molar-refractivity contribution in [1.82, 2.24) is 5.32 Å². The molecule has 2 rings (SSSR count). The molecular formula is C16H23F2NO. The molecule has 20 heavy (non-hydrogen) atoms. The van der Waals surface area contributed by atoms with Crippen LogP contribution in [0.2, 0.25) is 0 Å². The van der Waals surface area contributed by atoms with E-state index < -0.39 is 17.7 Å². The number of halogens is 2. The van der Waals surface area contributed by atoms with Crippen molar-refractivity contribution in [3.63, 3.8) is 0 Å². The average molecular weight is 283 g/mol. The van der Waals surface area contributed by atoms with Gasteiger partial charge >= 0.3 is 0 Å². The topological polar surface area (TPSA) is 32.3 Å². The van der Waals surface area contributed by atoms with E-state index in [1.54, 1.807) is 0 Å². The predicted molar refractivity (Wildman–Crippen MR) is 75.4 cm³/mol. The van der Waals surface area contributed by atoms with Crippen molar-refractivity contribution in [3.8, 4) is 0 Å². The molecule has 1 unspecified atom stereocenters. The molecule has 1 aliphatic rings. The highest BCUT2D eigenvalue weighted by molar-refractivity contribution is 5.21. The zero-order valence-electron chi connectivity index (χ0n) is 12.0. The maximum Gasteiger partial charge on any atom is 0.129 e. The quantitative estimate of drug-likeness (QED) is 0.836. The Labute approximate surface area is 119 Å². The third kappa shape index (κ3) is 3.55. The lowest BCUT2D eigenvalue weighted by molar-refractivity contribution is 0.159. The fourth-order valence-corrected chi connectivity index (χ4v) is 3.13. The van der Waals surface area contributed by atoms with Gasteiger partial charge in [-0.3, -0.25) is 0 Å². The second-order valence-electron chi connectivity index (χ2n) is 5.87. The molecule has 0 aromatic heterocycles. The van der Waals surface area contributed by atoms with Crippen molar-refractivity contribution >= 4 is 0 Å². The number of hydrogen-bond acceptors (Lipinski definition) is 2. The van der Waals surface area contributed by atoms with Gasteiger partial charge in [-0.15, -0.1) is 0 Å². The zero-order chi connectivity index (χ0) is 14.6. The fraction of sp³-hybridized carbons (Fsp3) is 0.625. The molecule has 4 heteroatoms. The van der Waals surface area contributed by atoms with Crippen LogP contribution in [0.4, 0.5) is 8.78 Å². The minimum atomic E-state index is -1.01. The molecule has 0 radical (unpaired) electrons. The molecule has 0 bridgehead atoms. The van der Waals surface area contributed by atoms with Gasteiger partial charge in [-0.2, -0.15) is 0 Å². The molecule has 0 saturated heterocycles. The van der Waals surface area contributed by atoms with Crippen molar-refractivity contribution in [2.24, 2.45) is 5.41 Å². The molecule has 1 fully saturated rings. The van der Waals surface area contributed by atoms with E-state index in [9.17, 15) is 13.9 Å². The first-order chi connectivity index (χ1) is 9.56. The van der Waals surface area contributed by atoms with E-state index in [1.165, 1.54) is 25.7 Å². The van der Waals surface area contributed by atoms with Crippen molar-refractivity contribution in [2.75, 3.05) is 13.1 Å².